The number of aryl methyl sites for hydroxylation is 1. The van der Waals surface area contributed by atoms with E-state index in [1.807, 2.05) is 48.3 Å². The van der Waals surface area contributed by atoms with Gasteiger partial charge in [-0.05, 0) is 36.2 Å². The largest absolute Gasteiger partial charge is 0.504 e. The molecule has 0 aliphatic rings. The number of fused-ring (bicyclic) bond motifs is 1. The van der Waals surface area contributed by atoms with E-state index >= 15 is 0 Å². The van der Waals surface area contributed by atoms with Crippen molar-refractivity contribution in [1.82, 2.24) is 19.5 Å². The predicted octanol–water partition coefficient (Wildman–Crippen LogP) is 3.41. The van der Waals surface area contributed by atoms with E-state index in [0.29, 0.717) is 34.8 Å². The minimum Gasteiger partial charge on any atom is -0.504 e. The fourth-order valence-electron chi connectivity index (χ4n) is 3.13. The summed E-state index contributed by atoms with van der Waals surface area (Å²) in [6.45, 7) is 2.07. The van der Waals surface area contributed by atoms with Gasteiger partial charge >= 0.3 is 0 Å². The summed E-state index contributed by atoms with van der Waals surface area (Å²) in [4.78, 5) is 13.7. The molecule has 3 aromatic heterocycles. The van der Waals surface area contributed by atoms with E-state index in [2.05, 4.69) is 15.0 Å². The van der Waals surface area contributed by atoms with Crippen molar-refractivity contribution in [3.05, 3.63) is 65.9 Å². The number of phenols is 1. The Morgan fingerprint density at radius 2 is 1.97 bits per heavy atom. The summed E-state index contributed by atoms with van der Waals surface area (Å²) in [6.07, 6.45) is 6.29. The SMILES string of the molecule is COCOc1nc(Cc2ccc(-n3ccc(C)c3)nc2)nc2cc(OC)c(O)cc12. The summed E-state index contributed by atoms with van der Waals surface area (Å²) < 4.78 is 17.8. The van der Waals surface area contributed by atoms with Crippen LogP contribution in [0.25, 0.3) is 16.7 Å². The lowest BCUT2D eigenvalue weighted by Crippen LogP contribution is -2.06. The number of aromatic nitrogens is 4. The summed E-state index contributed by atoms with van der Waals surface area (Å²) in [7, 11) is 3.02. The molecule has 4 aromatic rings. The zero-order valence-corrected chi connectivity index (χ0v) is 17.0. The topological polar surface area (TPSA) is 91.5 Å². The molecule has 3 heterocycles. The van der Waals surface area contributed by atoms with E-state index in [9.17, 15) is 5.11 Å². The first-order valence-corrected chi connectivity index (χ1v) is 9.36. The summed E-state index contributed by atoms with van der Waals surface area (Å²) in [5.74, 6) is 2.06. The maximum atomic E-state index is 10.1. The first-order valence-electron chi connectivity index (χ1n) is 9.36. The Morgan fingerprint density at radius 1 is 1.10 bits per heavy atom. The van der Waals surface area contributed by atoms with Gasteiger partial charge in [0.2, 0.25) is 5.88 Å². The smallest absolute Gasteiger partial charge is 0.227 e. The van der Waals surface area contributed by atoms with Gasteiger partial charge in [0, 0.05) is 38.2 Å². The van der Waals surface area contributed by atoms with Crippen LogP contribution in [-0.4, -0.2) is 45.6 Å². The Morgan fingerprint density at radius 3 is 2.63 bits per heavy atom. The van der Waals surface area contributed by atoms with Gasteiger partial charge in [0.1, 0.15) is 11.6 Å². The van der Waals surface area contributed by atoms with Crippen LogP contribution in [0.4, 0.5) is 0 Å². The number of nitrogens with zero attached hydrogens (tertiary/aromatic N) is 4. The van der Waals surface area contributed by atoms with Crippen molar-refractivity contribution in [2.24, 2.45) is 0 Å². The van der Waals surface area contributed by atoms with E-state index in [0.717, 1.165) is 11.4 Å². The van der Waals surface area contributed by atoms with E-state index in [4.69, 9.17) is 14.2 Å². The van der Waals surface area contributed by atoms with Crippen LogP contribution in [0, 0.1) is 6.92 Å². The van der Waals surface area contributed by atoms with E-state index < -0.39 is 0 Å². The van der Waals surface area contributed by atoms with Crippen LogP contribution in [0.5, 0.6) is 17.4 Å². The molecule has 0 saturated heterocycles. The fourth-order valence-corrected chi connectivity index (χ4v) is 3.13. The van der Waals surface area contributed by atoms with Crippen molar-refractivity contribution >= 4 is 10.9 Å². The number of phenolic OH excluding ortho intramolecular Hbond substituents is 1. The zero-order chi connectivity index (χ0) is 21.1. The minimum atomic E-state index is -0.0105. The summed E-state index contributed by atoms with van der Waals surface area (Å²) >= 11 is 0. The molecule has 0 radical (unpaired) electrons. The standard InChI is InChI=1S/C22H22N4O4/c1-14-6-7-26(12-14)21-5-4-15(11-23-21)8-20-24-17-10-19(29-3)18(27)9-16(17)22(25-20)30-13-28-2/h4-7,9-12,27H,8,13H2,1-3H3. The molecule has 4 rings (SSSR count). The number of rotatable bonds is 7. The van der Waals surface area contributed by atoms with E-state index in [1.54, 1.807) is 6.07 Å². The highest BCUT2D eigenvalue weighted by atomic mass is 16.7. The molecule has 8 heteroatoms. The van der Waals surface area contributed by atoms with Crippen LogP contribution < -0.4 is 9.47 Å². The molecule has 0 atom stereocenters. The number of methoxy groups -OCH3 is 2. The monoisotopic (exact) mass is 406 g/mol. The molecule has 0 aliphatic carbocycles. The average molecular weight is 406 g/mol. The van der Waals surface area contributed by atoms with Gasteiger partial charge in [-0.1, -0.05) is 6.07 Å². The highest BCUT2D eigenvalue weighted by molar-refractivity contribution is 5.86. The lowest BCUT2D eigenvalue weighted by molar-refractivity contribution is 0.0488. The second-order valence-corrected chi connectivity index (χ2v) is 6.83. The lowest BCUT2D eigenvalue weighted by atomic mass is 10.1. The van der Waals surface area contributed by atoms with Crippen LogP contribution in [0.15, 0.2) is 48.9 Å². The molecule has 0 unspecified atom stereocenters. The number of aromatic hydroxyl groups is 1. The molecule has 1 aromatic carbocycles. The molecular weight excluding hydrogens is 384 g/mol. The molecule has 30 heavy (non-hydrogen) atoms. The molecule has 0 spiro atoms. The number of hydrogen-bond donors (Lipinski definition) is 1. The second-order valence-electron chi connectivity index (χ2n) is 6.83. The number of ether oxygens (including phenoxy) is 3. The molecule has 0 saturated carbocycles. The maximum Gasteiger partial charge on any atom is 0.227 e. The van der Waals surface area contributed by atoms with Gasteiger partial charge in [0.05, 0.1) is 18.0 Å². The van der Waals surface area contributed by atoms with Crippen molar-refractivity contribution in [2.75, 3.05) is 21.0 Å². The van der Waals surface area contributed by atoms with Gasteiger partial charge in [-0.25, -0.2) is 9.97 Å². The van der Waals surface area contributed by atoms with Crippen LogP contribution in [0.1, 0.15) is 17.0 Å². The van der Waals surface area contributed by atoms with Crippen LogP contribution in [-0.2, 0) is 11.2 Å². The van der Waals surface area contributed by atoms with Gasteiger partial charge in [-0.2, -0.15) is 4.98 Å². The number of hydrogen-bond acceptors (Lipinski definition) is 7. The quantitative estimate of drug-likeness (QED) is 0.470. The van der Waals surface area contributed by atoms with Crippen molar-refractivity contribution in [2.45, 2.75) is 13.3 Å². The van der Waals surface area contributed by atoms with E-state index in [1.165, 1.54) is 25.8 Å². The molecular formula is C22H22N4O4. The van der Waals surface area contributed by atoms with Crippen molar-refractivity contribution in [1.29, 1.82) is 0 Å². The Hall–Kier alpha value is -3.65. The number of benzene rings is 1. The number of pyridine rings is 1. The van der Waals surface area contributed by atoms with Gasteiger partial charge < -0.3 is 23.9 Å². The molecule has 0 fully saturated rings. The normalized spacial score (nSPS) is 11.0. The fraction of sp³-hybridized carbons (Fsp3) is 0.227. The summed E-state index contributed by atoms with van der Waals surface area (Å²) in [5, 5.41) is 10.7. The molecule has 1 N–H and O–H groups in total. The Bertz CT molecular complexity index is 1170. The third kappa shape index (κ3) is 4.04. The molecule has 0 bridgehead atoms. The Labute approximate surface area is 173 Å². The Balaban J connectivity index is 1.66. The first-order chi connectivity index (χ1) is 14.6. The zero-order valence-electron chi connectivity index (χ0n) is 17.0. The molecule has 154 valence electrons. The highest BCUT2D eigenvalue weighted by Gasteiger charge is 2.14. The Kier molecular flexibility index (Phi) is 5.49. The van der Waals surface area contributed by atoms with E-state index in [-0.39, 0.29) is 12.5 Å². The third-order valence-electron chi connectivity index (χ3n) is 4.60. The van der Waals surface area contributed by atoms with Crippen molar-refractivity contribution in [3.8, 4) is 23.2 Å². The summed E-state index contributed by atoms with van der Waals surface area (Å²) in [5.41, 5.74) is 2.74. The van der Waals surface area contributed by atoms with Gasteiger partial charge in [-0.15, -0.1) is 0 Å². The first kappa shape index (κ1) is 19.7. The maximum absolute atomic E-state index is 10.1. The second kappa shape index (κ2) is 8.38. The van der Waals surface area contributed by atoms with Gasteiger partial charge in [0.15, 0.2) is 18.3 Å². The molecule has 0 aliphatic heterocycles. The van der Waals surface area contributed by atoms with Crippen molar-refractivity contribution in [3.63, 3.8) is 0 Å². The van der Waals surface area contributed by atoms with Gasteiger partial charge in [0.25, 0.3) is 0 Å². The van der Waals surface area contributed by atoms with Crippen molar-refractivity contribution < 1.29 is 19.3 Å². The molecule has 0 amide bonds. The highest BCUT2D eigenvalue weighted by Crippen LogP contribution is 2.34. The predicted molar refractivity (Wildman–Crippen MR) is 111 cm³/mol. The van der Waals surface area contributed by atoms with Crippen LogP contribution in [0.2, 0.25) is 0 Å². The lowest BCUT2D eigenvalue weighted by Gasteiger charge is -2.12. The van der Waals surface area contributed by atoms with Gasteiger partial charge in [-0.3, -0.25) is 0 Å². The average Bonchev–Trinajstić information content (AvgIpc) is 3.18. The molecule has 8 nitrogen and oxygen atoms in total. The summed E-state index contributed by atoms with van der Waals surface area (Å²) in [6, 6.07) is 9.17. The van der Waals surface area contributed by atoms with Crippen LogP contribution in [0.3, 0.4) is 0 Å². The third-order valence-corrected chi connectivity index (χ3v) is 4.60. The van der Waals surface area contributed by atoms with Crippen LogP contribution >= 0.6 is 0 Å². The minimum absolute atomic E-state index is 0.0105.